The molecule has 90 valence electrons. The second-order valence-corrected chi connectivity index (χ2v) is 6.60. The summed E-state index contributed by atoms with van der Waals surface area (Å²) in [4.78, 5) is 0. The highest BCUT2D eigenvalue weighted by Crippen LogP contribution is 2.25. The highest BCUT2D eigenvalue weighted by Gasteiger charge is 2.30. The van der Waals surface area contributed by atoms with Gasteiger partial charge in [-0.3, -0.25) is 0 Å². The molecule has 0 atom stereocenters. The van der Waals surface area contributed by atoms with Crippen molar-refractivity contribution in [3.63, 3.8) is 0 Å². The van der Waals surface area contributed by atoms with Crippen LogP contribution in [0.5, 0.6) is 0 Å². The Hall–Kier alpha value is -1.05. The van der Waals surface area contributed by atoms with Gasteiger partial charge in [0.1, 0.15) is 0 Å². The summed E-state index contributed by atoms with van der Waals surface area (Å²) in [6.07, 6.45) is 0. The Morgan fingerprint density at radius 3 is 1.44 bits per heavy atom. The average Bonchev–Trinajstić information content (AvgIpc) is 2.04. The van der Waals surface area contributed by atoms with E-state index in [0.29, 0.717) is 0 Å². The third kappa shape index (κ3) is 2.55. The van der Waals surface area contributed by atoms with Crippen LogP contribution >= 0.6 is 0 Å². The minimum absolute atomic E-state index is 0.117. The Labute approximate surface area is 98.9 Å². The minimum Gasteiger partial charge on any atom is -0.618 e. The first kappa shape index (κ1) is 13.0. The molecule has 0 bridgehead atoms. The molecule has 0 aromatic carbocycles. The summed E-state index contributed by atoms with van der Waals surface area (Å²) >= 11 is 0. The molecule has 0 radical (unpaired) electrons. The number of hydrogen-bond acceptors (Lipinski definition) is 1. The zero-order valence-electron chi connectivity index (χ0n) is 11.5. The lowest BCUT2D eigenvalue weighted by atomic mass is 9.86. The summed E-state index contributed by atoms with van der Waals surface area (Å²) in [6.45, 7) is 14.5. The molecule has 0 spiro atoms. The number of hydrogen-bond donors (Lipinski definition) is 0. The Bertz CT molecular complexity index is 359. The van der Waals surface area contributed by atoms with E-state index in [-0.39, 0.29) is 10.8 Å². The molecule has 0 fully saturated rings. The fourth-order valence-electron chi connectivity index (χ4n) is 1.76. The maximum absolute atomic E-state index is 12.3. The molecule has 1 aromatic heterocycles. The van der Waals surface area contributed by atoms with Gasteiger partial charge in [0.05, 0.1) is 0 Å². The van der Waals surface area contributed by atoms with Crippen molar-refractivity contribution in [2.75, 3.05) is 0 Å². The van der Waals surface area contributed by atoms with Gasteiger partial charge in [0, 0.05) is 23.0 Å². The maximum Gasteiger partial charge on any atom is 0.198 e. The quantitative estimate of drug-likeness (QED) is 0.488. The molecule has 0 N–H and O–H groups in total. The summed E-state index contributed by atoms with van der Waals surface area (Å²) in [5, 5.41) is 12.3. The normalized spacial score (nSPS) is 12.9. The lowest BCUT2D eigenvalue weighted by Gasteiger charge is -2.24. The third-order valence-corrected chi connectivity index (χ3v) is 2.70. The molecule has 0 aliphatic carbocycles. The molecule has 1 aromatic rings. The second-order valence-electron chi connectivity index (χ2n) is 6.60. The summed E-state index contributed by atoms with van der Waals surface area (Å²) in [5.41, 5.74) is 2.61. The first-order chi connectivity index (χ1) is 7.03. The first-order valence-electron chi connectivity index (χ1n) is 5.78. The van der Waals surface area contributed by atoms with Gasteiger partial charge in [-0.05, 0) is 12.5 Å². The summed E-state index contributed by atoms with van der Waals surface area (Å²) in [6, 6.07) is 3.98. The molecular formula is C14H23NO. The molecule has 2 heteroatoms. The van der Waals surface area contributed by atoms with Gasteiger partial charge in [0.15, 0.2) is 11.4 Å². The van der Waals surface area contributed by atoms with Gasteiger partial charge in [-0.1, -0.05) is 41.5 Å². The zero-order chi connectivity index (χ0) is 12.7. The van der Waals surface area contributed by atoms with E-state index in [1.54, 1.807) is 0 Å². The largest absolute Gasteiger partial charge is 0.618 e. The monoisotopic (exact) mass is 221 g/mol. The number of rotatable bonds is 0. The molecule has 2 nitrogen and oxygen atoms in total. The van der Waals surface area contributed by atoms with Gasteiger partial charge >= 0.3 is 0 Å². The summed E-state index contributed by atoms with van der Waals surface area (Å²) < 4.78 is 1.10. The molecule has 0 amide bonds. The van der Waals surface area contributed by atoms with Crippen molar-refractivity contribution < 1.29 is 4.73 Å². The smallest absolute Gasteiger partial charge is 0.198 e. The van der Waals surface area contributed by atoms with E-state index < -0.39 is 0 Å². The van der Waals surface area contributed by atoms with E-state index in [4.69, 9.17) is 0 Å². The fourth-order valence-corrected chi connectivity index (χ4v) is 1.76. The van der Waals surface area contributed by atoms with Crippen molar-refractivity contribution in [1.82, 2.24) is 0 Å². The van der Waals surface area contributed by atoms with Crippen LogP contribution in [-0.2, 0) is 10.8 Å². The van der Waals surface area contributed by atoms with Crippen molar-refractivity contribution in [3.8, 4) is 0 Å². The van der Waals surface area contributed by atoms with Crippen LogP contribution in [0.2, 0.25) is 0 Å². The summed E-state index contributed by atoms with van der Waals surface area (Å²) in [5.74, 6) is 0. The van der Waals surface area contributed by atoms with Gasteiger partial charge < -0.3 is 5.21 Å². The lowest BCUT2D eigenvalue weighted by molar-refractivity contribution is -0.630. The van der Waals surface area contributed by atoms with E-state index in [9.17, 15) is 5.21 Å². The Kier molecular flexibility index (Phi) is 3.06. The molecule has 0 aliphatic heterocycles. The molecule has 1 heterocycles. The Morgan fingerprint density at radius 1 is 0.875 bits per heavy atom. The number of pyridine rings is 1. The van der Waals surface area contributed by atoms with Gasteiger partial charge in [0.2, 0.25) is 0 Å². The zero-order valence-corrected chi connectivity index (χ0v) is 11.5. The molecule has 16 heavy (non-hydrogen) atoms. The van der Waals surface area contributed by atoms with E-state index in [0.717, 1.165) is 21.7 Å². The minimum atomic E-state index is -0.117. The second kappa shape index (κ2) is 3.76. The van der Waals surface area contributed by atoms with E-state index >= 15 is 0 Å². The van der Waals surface area contributed by atoms with E-state index in [1.807, 2.05) is 19.1 Å². The molecule has 0 saturated carbocycles. The number of aromatic nitrogens is 1. The average molecular weight is 221 g/mol. The SMILES string of the molecule is Cc1cc(C(C)(C)C)[n+]([O-])c(C(C)(C)C)c1. The van der Waals surface area contributed by atoms with Gasteiger partial charge in [-0.15, -0.1) is 0 Å². The lowest BCUT2D eigenvalue weighted by Crippen LogP contribution is -2.45. The number of nitrogens with zero attached hydrogens (tertiary/aromatic N) is 1. The molecular weight excluding hydrogens is 198 g/mol. The number of aryl methyl sites for hydroxylation is 1. The van der Waals surface area contributed by atoms with Crippen LogP contribution in [0.3, 0.4) is 0 Å². The maximum atomic E-state index is 12.3. The van der Waals surface area contributed by atoms with Crippen LogP contribution in [0.1, 0.15) is 58.5 Å². The van der Waals surface area contributed by atoms with Crippen LogP contribution in [0.25, 0.3) is 0 Å². The van der Waals surface area contributed by atoms with Gasteiger partial charge in [-0.2, -0.15) is 4.73 Å². The topological polar surface area (TPSA) is 26.9 Å². The van der Waals surface area contributed by atoms with Crippen molar-refractivity contribution in [2.24, 2.45) is 0 Å². The molecule has 0 unspecified atom stereocenters. The molecule has 0 saturated heterocycles. The van der Waals surface area contributed by atoms with Crippen LogP contribution < -0.4 is 4.73 Å². The molecule has 1 rings (SSSR count). The predicted octanol–water partition coefficient (Wildman–Crippen LogP) is 3.22. The summed E-state index contributed by atoms with van der Waals surface area (Å²) in [7, 11) is 0. The van der Waals surface area contributed by atoms with Crippen LogP contribution in [0.4, 0.5) is 0 Å². The molecule has 0 aliphatic rings. The van der Waals surface area contributed by atoms with E-state index in [1.165, 1.54) is 0 Å². The highest BCUT2D eigenvalue weighted by molar-refractivity contribution is 5.22. The third-order valence-electron chi connectivity index (χ3n) is 2.70. The Balaban J connectivity index is 3.51. The Morgan fingerprint density at radius 2 is 1.19 bits per heavy atom. The fraction of sp³-hybridized carbons (Fsp3) is 0.643. The van der Waals surface area contributed by atoms with Crippen LogP contribution in [0.15, 0.2) is 12.1 Å². The van der Waals surface area contributed by atoms with Crippen LogP contribution in [-0.4, -0.2) is 0 Å². The van der Waals surface area contributed by atoms with Crippen LogP contribution in [0, 0.1) is 12.1 Å². The van der Waals surface area contributed by atoms with Gasteiger partial charge in [-0.25, -0.2) is 0 Å². The van der Waals surface area contributed by atoms with E-state index in [2.05, 4.69) is 41.5 Å². The first-order valence-corrected chi connectivity index (χ1v) is 5.78. The van der Waals surface area contributed by atoms with Gasteiger partial charge in [0.25, 0.3) is 0 Å². The highest BCUT2D eigenvalue weighted by atomic mass is 16.5. The van der Waals surface area contributed by atoms with Crippen molar-refractivity contribution in [3.05, 3.63) is 34.3 Å². The van der Waals surface area contributed by atoms with Crippen molar-refractivity contribution >= 4 is 0 Å². The van der Waals surface area contributed by atoms with Crippen molar-refractivity contribution in [1.29, 1.82) is 0 Å². The predicted molar refractivity (Wildman–Crippen MR) is 67.5 cm³/mol. The van der Waals surface area contributed by atoms with Crippen molar-refractivity contribution in [2.45, 2.75) is 59.3 Å². The standard InChI is InChI=1S/C14H23NO/c1-10-8-11(13(2,3)4)15(16)12(9-10)14(5,6)7/h8-9H,1-7H3.